The van der Waals surface area contributed by atoms with Crippen LogP contribution < -0.4 is 9.80 Å². The van der Waals surface area contributed by atoms with E-state index in [0.29, 0.717) is 18.9 Å². The van der Waals surface area contributed by atoms with Crippen LogP contribution in [0.5, 0.6) is 0 Å². The topological polar surface area (TPSA) is 69.6 Å². The third-order valence-corrected chi connectivity index (χ3v) is 7.60. The van der Waals surface area contributed by atoms with E-state index in [2.05, 4.69) is 15.1 Å². The number of benzene rings is 1. The van der Waals surface area contributed by atoms with Gasteiger partial charge in [0.25, 0.3) is 0 Å². The summed E-state index contributed by atoms with van der Waals surface area (Å²) in [6, 6.07) is 6.90. The van der Waals surface area contributed by atoms with Crippen molar-refractivity contribution in [3.05, 3.63) is 42.0 Å². The minimum Gasteiger partial charge on any atom is -0.355 e. The quantitative estimate of drug-likeness (QED) is 0.733. The van der Waals surface area contributed by atoms with Gasteiger partial charge in [0.1, 0.15) is 11.6 Å². The van der Waals surface area contributed by atoms with Gasteiger partial charge in [0, 0.05) is 39.3 Å². The molecule has 7 nitrogen and oxygen atoms in total. The highest BCUT2D eigenvalue weighted by atomic mass is 32.2. The Hall–Kier alpha value is -2.33. The highest BCUT2D eigenvalue weighted by molar-refractivity contribution is 7.89. The summed E-state index contributed by atoms with van der Waals surface area (Å²) in [5, 5.41) is 8.69. The van der Waals surface area contributed by atoms with Crippen molar-refractivity contribution in [3.8, 4) is 0 Å². The molecule has 0 amide bonds. The van der Waals surface area contributed by atoms with Crippen LogP contribution in [0.2, 0.25) is 0 Å². The number of piperazine rings is 1. The summed E-state index contributed by atoms with van der Waals surface area (Å²) in [4.78, 5) is 3.29. The molecule has 0 aliphatic carbocycles. The fraction of sp³-hybridized carbons (Fsp3) is 0.500. The summed E-state index contributed by atoms with van der Waals surface area (Å²) in [5.41, 5.74) is 0. The number of nitrogens with zero attached hydrogens (tertiary/aromatic N) is 5. The van der Waals surface area contributed by atoms with Crippen LogP contribution in [0.4, 0.5) is 20.4 Å². The summed E-state index contributed by atoms with van der Waals surface area (Å²) in [5.74, 6) is -0.626. The molecule has 30 heavy (non-hydrogen) atoms. The first-order chi connectivity index (χ1) is 14.5. The average Bonchev–Trinajstić information content (AvgIpc) is 3.03. The maximum atomic E-state index is 14.0. The molecule has 1 aromatic carbocycles. The van der Waals surface area contributed by atoms with Crippen molar-refractivity contribution in [2.45, 2.75) is 30.6 Å². The Morgan fingerprint density at radius 3 is 1.70 bits per heavy atom. The SMILES string of the molecule is O=S(=O)(c1c(F)cccc1F)N1CCN(c2ccc(N3CCCCCC3)nn2)CC1. The van der Waals surface area contributed by atoms with Crippen LogP contribution in [-0.2, 0) is 10.0 Å². The van der Waals surface area contributed by atoms with E-state index >= 15 is 0 Å². The predicted octanol–water partition coefficient (Wildman–Crippen LogP) is 2.65. The molecular formula is C20H25F2N5O2S. The van der Waals surface area contributed by atoms with Crippen molar-refractivity contribution in [1.82, 2.24) is 14.5 Å². The first-order valence-corrected chi connectivity index (χ1v) is 11.7. The van der Waals surface area contributed by atoms with Crippen molar-refractivity contribution >= 4 is 21.7 Å². The van der Waals surface area contributed by atoms with Crippen molar-refractivity contribution in [1.29, 1.82) is 0 Å². The van der Waals surface area contributed by atoms with Gasteiger partial charge in [-0.25, -0.2) is 17.2 Å². The fourth-order valence-electron chi connectivity index (χ4n) is 3.97. The van der Waals surface area contributed by atoms with Gasteiger partial charge in [0.2, 0.25) is 10.0 Å². The number of rotatable bonds is 4. The molecule has 0 unspecified atom stereocenters. The number of hydrogen-bond donors (Lipinski definition) is 0. The Bertz CT molecular complexity index is 951. The second kappa shape index (κ2) is 8.81. The molecule has 2 aromatic rings. The first kappa shape index (κ1) is 20.9. The lowest BCUT2D eigenvalue weighted by Gasteiger charge is -2.34. The molecule has 2 aliphatic heterocycles. The van der Waals surface area contributed by atoms with Gasteiger partial charge in [-0.15, -0.1) is 10.2 Å². The van der Waals surface area contributed by atoms with Crippen LogP contribution >= 0.6 is 0 Å². The lowest BCUT2D eigenvalue weighted by molar-refractivity contribution is 0.377. The van der Waals surface area contributed by atoms with Gasteiger partial charge in [-0.2, -0.15) is 4.31 Å². The predicted molar refractivity (Wildman–Crippen MR) is 110 cm³/mol. The van der Waals surface area contributed by atoms with E-state index in [4.69, 9.17) is 0 Å². The highest BCUT2D eigenvalue weighted by Crippen LogP contribution is 2.25. The molecule has 0 bridgehead atoms. The van der Waals surface area contributed by atoms with Crippen LogP contribution in [0.25, 0.3) is 0 Å². The van der Waals surface area contributed by atoms with Crippen LogP contribution in [0.3, 0.4) is 0 Å². The number of halogens is 2. The van der Waals surface area contributed by atoms with Crippen LogP contribution in [0.15, 0.2) is 35.2 Å². The summed E-state index contributed by atoms with van der Waals surface area (Å²) in [6.45, 7) is 2.94. The molecule has 10 heteroatoms. The van der Waals surface area contributed by atoms with Crippen LogP contribution in [0.1, 0.15) is 25.7 Å². The molecule has 0 radical (unpaired) electrons. The van der Waals surface area contributed by atoms with Crippen molar-refractivity contribution in [2.75, 3.05) is 49.1 Å². The van der Waals surface area contributed by atoms with Crippen LogP contribution in [0, 0.1) is 11.6 Å². The van der Waals surface area contributed by atoms with Crippen molar-refractivity contribution < 1.29 is 17.2 Å². The molecular weight excluding hydrogens is 412 g/mol. The minimum absolute atomic E-state index is 0.117. The normalized spacial score (nSPS) is 19.0. The van der Waals surface area contributed by atoms with E-state index in [1.807, 2.05) is 17.0 Å². The minimum atomic E-state index is -4.24. The average molecular weight is 438 g/mol. The molecule has 4 rings (SSSR count). The number of anilines is 2. The molecule has 2 fully saturated rings. The molecule has 0 atom stereocenters. The molecule has 0 N–H and O–H groups in total. The van der Waals surface area contributed by atoms with E-state index < -0.39 is 26.6 Å². The van der Waals surface area contributed by atoms with Gasteiger partial charge in [-0.05, 0) is 37.1 Å². The summed E-state index contributed by atoms with van der Waals surface area (Å²) in [6.07, 6.45) is 4.79. The Balaban J connectivity index is 1.42. The molecule has 3 heterocycles. The smallest absolute Gasteiger partial charge is 0.249 e. The number of hydrogen-bond acceptors (Lipinski definition) is 6. The van der Waals surface area contributed by atoms with Gasteiger partial charge >= 0.3 is 0 Å². The summed E-state index contributed by atoms with van der Waals surface area (Å²) >= 11 is 0. The van der Waals surface area contributed by atoms with Gasteiger partial charge in [0.05, 0.1) is 0 Å². The molecule has 0 spiro atoms. The summed E-state index contributed by atoms with van der Waals surface area (Å²) < 4.78 is 54.5. The molecule has 1 aromatic heterocycles. The third-order valence-electron chi connectivity index (χ3n) is 5.65. The molecule has 162 valence electrons. The maximum absolute atomic E-state index is 14.0. The lowest BCUT2D eigenvalue weighted by Crippen LogP contribution is -2.49. The molecule has 2 aliphatic rings. The van der Waals surface area contributed by atoms with Gasteiger partial charge < -0.3 is 9.80 Å². The van der Waals surface area contributed by atoms with E-state index in [9.17, 15) is 17.2 Å². The Morgan fingerprint density at radius 1 is 0.700 bits per heavy atom. The van der Waals surface area contributed by atoms with Gasteiger partial charge in [-0.3, -0.25) is 0 Å². The highest BCUT2D eigenvalue weighted by Gasteiger charge is 2.33. The first-order valence-electron chi connectivity index (χ1n) is 10.2. The zero-order valence-corrected chi connectivity index (χ0v) is 17.5. The molecule has 0 saturated carbocycles. The zero-order valence-electron chi connectivity index (χ0n) is 16.7. The largest absolute Gasteiger partial charge is 0.355 e. The van der Waals surface area contributed by atoms with Crippen molar-refractivity contribution in [2.24, 2.45) is 0 Å². The Labute approximate surface area is 175 Å². The van der Waals surface area contributed by atoms with E-state index in [-0.39, 0.29) is 13.1 Å². The van der Waals surface area contributed by atoms with Gasteiger partial charge in [0.15, 0.2) is 16.5 Å². The van der Waals surface area contributed by atoms with E-state index in [1.54, 1.807) is 0 Å². The van der Waals surface area contributed by atoms with Gasteiger partial charge in [-0.1, -0.05) is 18.9 Å². The lowest BCUT2D eigenvalue weighted by atomic mass is 10.2. The maximum Gasteiger partial charge on any atom is 0.249 e. The Kier molecular flexibility index (Phi) is 6.14. The van der Waals surface area contributed by atoms with Crippen molar-refractivity contribution in [3.63, 3.8) is 0 Å². The van der Waals surface area contributed by atoms with E-state index in [0.717, 1.165) is 54.3 Å². The van der Waals surface area contributed by atoms with Crippen LogP contribution in [-0.4, -0.2) is 62.2 Å². The van der Waals surface area contributed by atoms with E-state index in [1.165, 1.54) is 12.8 Å². The number of aromatic nitrogens is 2. The third kappa shape index (κ3) is 4.24. The fourth-order valence-corrected chi connectivity index (χ4v) is 5.50. The monoisotopic (exact) mass is 437 g/mol. The second-order valence-corrected chi connectivity index (χ2v) is 9.47. The Morgan fingerprint density at radius 2 is 1.20 bits per heavy atom. The summed E-state index contributed by atoms with van der Waals surface area (Å²) in [7, 11) is -4.24. The second-order valence-electron chi connectivity index (χ2n) is 7.59. The molecule has 2 saturated heterocycles. The standard InChI is InChI=1S/C20H25F2N5O2S/c21-16-6-5-7-17(22)20(16)30(28,29)27-14-12-26(13-15-27)19-9-8-18(23-24-19)25-10-3-1-2-4-11-25/h5-9H,1-4,10-15H2. The number of sulfonamides is 1. The zero-order chi connectivity index (χ0) is 21.1.